The molecule has 5 nitrogen and oxygen atoms in total. The minimum absolute atomic E-state index is 0.0188. The minimum atomic E-state index is -1.10. The molecule has 1 aromatic carbocycles. The summed E-state index contributed by atoms with van der Waals surface area (Å²) in [5.74, 6) is 0.0702. The first-order valence-corrected chi connectivity index (χ1v) is 9.54. The largest absolute Gasteiger partial charge is 0.390 e. The van der Waals surface area contributed by atoms with Crippen LogP contribution in [-0.2, 0) is 17.8 Å². The van der Waals surface area contributed by atoms with Crippen LogP contribution in [0.2, 0.25) is 0 Å². The van der Waals surface area contributed by atoms with Crippen molar-refractivity contribution in [3.05, 3.63) is 64.7 Å². The average molecular weight is 383 g/mol. The molecule has 0 aliphatic carbocycles. The van der Waals surface area contributed by atoms with Crippen molar-refractivity contribution in [1.29, 1.82) is 0 Å². The summed E-state index contributed by atoms with van der Waals surface area (Å²) in [6.07, 6.45) is 2.12. The number of Topliss-reactive ketones (excluding diaryl/α,β-unsaturated/α-hetero) is 1. The highest BCUT2D eigenvalue weighted by atomic mass is 19.1. The summed E-state index contributed by atoms with van der Waals surface area (Å²) in [6, 6.07) is 7.88. The zero-order valence-corrected chi connectivity index (χ0v) is 16.5. The number of ketones is 1. The first-order chi connectivity index (χ1) is 13.3. The molecule has 0 unspecified atom stereocenters. The molecule has 2 heterocycles. The number of carbonyl (C=O) groups excluding carboxylic acids is 1. The molecule has 1 atom stereocenters. The lowest BCUT2D eigenvalue weighted by Gasteiger charge is -2.29. The van der Waals surface area contributed by atoms with Crippen LogP contribution in [0.25, 0.3) is 0 Å². The zero-order chi connectivity index (χ0) is 20.3. The van der Waals surface area contributed by atoms with Crippen molar-refractivity contribution in [3.8, 4) is 0 Å². The van der Waals surface area contributed by atoms with E-state index in [-0.39, 0.29) is 24.4 Å². The molecule has 0 spiro atoms. The maximum absolute atomic E-state index is 13.2. The summed E-state index contributed by atoms with van der Waals surface area (Å²) in [5.41, 5.74) is 2.39. The molecule has 0 amide bonds. The van der Waals surface area contributed by atoms with Gasteiger partial charge in [-0.2, -0.15) is 0 Å². The van der Waals surface area contributed by atoms with Crippen LogP contribution in [0.1, 0.15) is 55.5 Å². The van der Waals surface area contributed by atoms with E-state index in [9.17, 15) is 14.3 Å². The smallest absolute Gasteiger partial charge is 0.139 e. The van der Waals surface area contributed by atoms with E-state index in [1.54, 1.807) is 32.2 Å². The molecule has 28 heavy (non-hydrogen) atoms. The van der Waals surface area contributed by atoms with Gasteiger partial charge in [0.05, 0.1) is 12.1 Å². The molecule has 0 radical (unpaired) electrons. The number of aliphatic hydroxyl groups is 1. The third-order valence-corrected chi connectivity index (χ3v) is 4.99. The molecule has 6 heteroatoms. The van der Waals surface area contributed by atoms with Gasteiger partial charge in [0.1, 0.15) is 17.4 Å². The number of rotatable bonds is 7. The molecule has 0 fully saturated rings. The summed E-state index contributed by atoms with van der Waals surface area (Å²) in [6.45, 7) is 6.73. The second kappa shape index (κ2) is 8.19. The lowest BCUT2D eigenvalue weighted by molar-refractivity contribution is -0.120. The number of aromatic nitrogens is 1. The van der Waals surface area contributed by atoms with E-state index in [4.69, 9.17) is 0 Å². The predicted octanol–water partition coefficient (Wildman–Crippen LogP) is 3.15. The molecular formula is C22H26FN3O2. The molecule has 1 aromatic heterocycles. The first kappa shape index (κ1) is 20.1. The Morgan fingerprint density at radius 2 is 2.04 bits per heavy atom. The lowest BCUT2D eigenvalue weighted by Crippen LogP contribution is -2.31. The fourth-order valence-corrected chi connectivity index (χ4v) is 3.53. The summed E-state index contributed by atoms with van der Waals surface area (Å²) in [4.78, 5) is 21.6. The number of nitrogens with zero attached hydrogens (tertiary/aromatic N) is 2. The van der Waals surface area contributed by atoms with Crippen LogP contribution >= 0.6 is 0 Å². The normalized spacial score (nSPS) is 14.4. The maximum Gasteiger partial charge on any atom is 0.139 e. The molecule has 1 aliphatic rings. The van der Waals surface area contributed by atoms with E-state index in [0.29, 0.717) is 12.2 Å². The van der Waals surface area contributed by atoms with Crippen molar-refractivity contribution >= 4 is 11.6 Å². The topological polar surface area (TPSA) is 74.6 Å². The highest BCUT2D eigenvalue weighted by molar-refractivity contribution is 6.01. The van der Waals surface area contributed by atoms with E-state index in [1.807, 2.05) is 13.0 Å². The van der Waals surface area contributed by atoms with Crippen molar-refractivity contribution in [1.82, 2.24) is 10.3 Å². The molecule has 2 aromatic rings. The molecule has 0 saturated heterocycles. The molecule has 3 rings (SSSR count). The summed E-state index contributed by atoms with van der Waals surface area (Å²) >= 11 is 0. The van der Waals surface area contributed by atoms with Gasteiger partial charge in [-0.1, -0.05) is 12.1 Å². The van der Waals surface area contributed by atoms with Gasteiger partial charge in [-0.05, 0) is 50.1 Å². The lowest BCUT2D eigenvalue weighted by atomic mass is 9.80. The number of aliphatic imine (C=N–C) groups is 1. The number of carbonyl (C=O) groups is 1. The quantitative estimate of drug-likeness (QED) is 0.770. The van der Waals surface area contributed by atoms with E-state index in [0.717, 1.165) is 29.1 Å². The minimum Gasteiger partial charge on any atom is -0.390 e. The molecular weight excluding hydrogens is 357 g/mol. The van der Waals surface area contributed by atoms with Gasteiger partial charge < -0.3 is 10.4 Å². The van der Waals surface area contributed by atoms with Gasteiger partial charge in [0.15, 0.2) is 0 Å². The van der Waals surface area contributed by atoms with Crippen LogP contribution in [0.3, 0.4) is 0 Å². The van der Waals surface area contributed by atoms with Gasteiger partial charge in [0.2, 0.25) is 0 Å². The van der Waals surface area contributed by atoms with Crippen molar-refractivity contribution in [3.63, 3.8) is 0 Å². The summed E-state index contributed by atoms with van der Waals surface area (Å²) in [5, 5.41) is 13.8. The Hall–Kier alpha value is -2.60. The van der Waals surface area contributed by atoms with Gasteiger partial charge in [-0.15, -0.1) is 0 Å². The van der Waals surface area contributed by atoms with E-state index in [2.05, 4.69) is 15.3 Å². The third kappa shape index (κ3) is 4.62. The predicted molar refractivity (Wildman–Crippen MR) is 107 cm³/mol. The van der Waals surface area contributed by atoms with E-state index < -0.39 is 11.5 Å². The third-order valence-electron chi connectivity index (χ3n) is 4.99. The van der Waals surface area contributed by atoms with Crippen LogP contribution in [-0.4, -0.2) is 33.9 Å². The van der Waals surface area contributed by atoms with Crippen molar-refractivity contribution in [2.24, 2.45) is 4.99 Å². The molecule has 1 aliphatic heterocycles. The number of pyridine rings is 1. The standard InChI is InChI=1S/C22H26FN3O2/c1-4-24-21-19-13-25-17(9-15(19)12-26-21)10-18(27)11-20(22(2,3)28)14-5-7-16(23)8-6-14/h5-9,13,20,28H,4,10-12H2,1-3H3,(H,24,26)/t20-/m0/s1. The van der Waals surface area contributed by atoms with Gasteiger partial charge in [-0.25, -0.2) is 4.39 Å². The Kier molecular flexibility index (Phi) is 5.89. The molecule has 148 valence electrons. The Bertz CT molecular complexity index is 886. The van der Waals surface area contributed by atoms with Gasteiger partial charge in [-0.3, -0.25) is 14.8 Å². The van der Waals surface area contributed by atoms with E-state index in [1.165, 1.54) is 12.1 Å². The fourth-order valence-electron chi connectivity index (χ4n) is 3.53. The first-order valence-electron chi connectivity index (χ1n) is 9.54. The Morgan fingerprint density at radius 3 is 2.68 bits per heavy atom. The molecule has 2 N–H and O–H groups in total. The van der Waals surface area contributed by atoms with Crippen LogP contribution in [0.15, 0.2) is 41.5 Å². The molecule has 0 bridgehead atoms. The number of hydrogen-bond donors (Lipinski definition) is 2. The van der Waals surface area contributed by atoms with Crippen LogP contribution in [0.5, 0.6) is 0 Å². The Balaban J connectivity index is 1.71. The van der Waals surface area contributed by atoms with Crippen molar-refractivity contribution in [2.45, 2.75) is 51.7 Å². The number of fused-ring (bicyclic) bond motifs is 1. The van der Waals surface area contributed by atoms with Crippen LogP contribution in [0, 0.1) is 5.82 Å². The zero-order valence-electron chi connectivity index (χ0n) is 16.5. The highest BCUT2D eigenvalue weighted by Gasteiger charge is 2.30. The SMILES string of the molecule is CCNC1=NCc2cc(CC(=O)C[C@@H](c3ccc(F)cc3)C(C)(C)O)ncc21. The maximum atomic E-state index is 13.2. The fraction of sp³-hybridized carbons (Fsp3) is 0.409. The van der Waals surface area contributed by atoms with Crippen molar-refractivity contribution < 1.29 is 14.3 Å². The monoisotopic (exact) mass is 383 g/mol. The van der Waals surface area contributed by atoms with Crippen LogP contribution in [0.4, 0.5) is 4.39 Å². The van der Waals surface area contributed by atoms with Crippen LogP contribution < -0.4 is 5.32 Å². The Labute approximate surface area is 164 Å². The second-order valence-corrected chi connectivity index (χ2v) is 7.71. The Morgan fingerprint density at radius 1 is 1.32 bits per heavy atom. The van der Waals surface area contributed by atoms with Crippen molar-refractivity contribution in [2.75, 3.05) is 6.54 Å². The number of hydrogen-bond acceptors (Lipinski definition) is 5. The highest BCUT2D eigenvalue weighted by Crippen LogP contribution is 2.32. The average Bonchev–Trinajstić information content (AvgIpc) is 3.02. The number of amidine groups is 1. The summed E-state index contributed by atoms with van der Waals surface area (Å²) in [7, 11) is 0. The van der Waals surface area contributed by atoms with Gasteiger partial charge in [0, 0.05) is 42.8 Å². The van der Waals surface area contributed by atoms with Gasteiger partial charge in [0.25, 0.3) is 0 Å². The van der Waals surface area contributed by atoms with E-state index >= 15 is 0 Å². The number of benzene rings is 1. The summed E-state index contributed by atoms with van der Waals surface area (Å²) < 4.78 is 13.2. The number of nitrogens with one attached hydrogen (secondary N) is 1. The number of halogens is 1. The second-order valence-electron chi connectivity index (χ2n) is 7.71. The molecule has 0 saturated carbocycles. The van der Waals surface area contributed by atoms with Gasteiger partial charge >= 0.3 is 0 Å².